The molecule has 3 nitrogen and oxygen atoms in total. The number of aromatic nitrogens is 1. The van der Waals surface area contributed by atoms with Crippen molar-refractivity contribution in [2.75, 3.05) is 0 Å². The van der Waals surface area contributed by atoms with Crippen LogP contribution in [0.4, 0.5) is 0 Å². The molecule has 0 saturated heterocycles. The molecule has 2 rings (SSSR count). The van der Waals surface area contributed by atoms with Crippen molar-refractivity contribution < 1.29 is 30.3 Å². The summed E-state index contributed by atoms with van der Waals surface area (Å²) in [5.74, 6) is 0.921. The molecule has 0 aliphatic carbocycles. The third kappa shape index (κ3) is 3.73. The average molecular weight is 321 g/mol. The van der Waals surface area contributed by atoms with Gasteiger partial charge in [0.2, 0.25) is 0 Å². The molecule has 2 aromatic rings. The molecule has 0 saturated carbocycles. The Kier molecular flexibility index (Phi) is 7.14. The fourth-order valence-electron chi connectivity index (χ4n) is 3.75. The summed E-state index contributed by atoms with van der Waals surface area (Å²) < 4.78 is 0. The van der Waals surface area contributed by atoms with Crippen molar-refractivity contribution in [2.24, 2.45) is 0 Å². The second-order valence-corrected chi connectivity index (χ2v) is 7.32. The van der Waals surface area contributed by atoms with E-state index in [4.69, 9.17) is 4.98 Å². The van der Waals surface area contributed by atoms with Gasteiger partial charge in [-0.25, -0.2) is 0 Å². The van der Waals surface area contributed by atoms with Gasteiger partial charge in [0, 0.05) is 11.1 Å². The summed E-state index contributed by atoms with van der Waals surface area (Å²) in [5.41, 5.74) is 6.21. The first kappa shape index (κ1) is 21.3. The van der Waals surface area contributed by atoms with Gasteiger partial charge in [0.05, 0.1) is 5.52 Å². The van der Waals surface area contributed by atoms with E-state index >= 15 is 0 Å². The average Bonchev–Trinajstić information content (AvgIpc) is 2.43. The van der Waals surface area contributed by atoms with E-state index in [2.05, 4.69) is 48.5 Å². The smallest absolute Gasteiger partial charge is 1.00 e. The molecular formula is C19H29BLiNO2. The van der Waals surface area contributed by atoms with Gasteiger partial charge in [-0.1, -0.05) is 47.6 Å². The molecule has 0 amide bonds. The number of hydrogen-bond acceptors (Lipinski definition) is 3. The maximum Gasteiger partial charge on any atom is 1.00 e. The number of benzene rings is 1. The zero-order valence-electron chi connectivity index (χ0n) is 17.3. The molecule has 0 spiro atoms. The van der Waals surface area contributed by atoms with Crippen LogP contribution in [-0.4, -0.2) is 22.2 Å². The first-order valence-corrected chi connectivity index (χ1v) is 8.49. The minimum atomic E-state index is -1.46. The zero-order chi connectivity index (χ0) is 17.5. The van der Waals surface area contributed by atoms with Crippen molar-refractivity contribution in [1.82, 2.24) is 4.98 Å². The van der Waals surface area contributed by atoms with Crippen LogP contribution >= 0.6 is 0 Å². The molecule has 0 atom stereocenters. The van der Waals surface area contributed by atoms with Crippen molar-refractivity contribution in [1.29, 1.82) is 0 Å². The van der Waals surface area contributed by atoms with Crippen molar-refractivity contribution >= 4 is 23.5 Å². The van der Waals surface area contributed by atoms with E-state index in [0.717, 1.165) is 22.2 Å². The monoisotopic (exact) mass is 321 g/mol. The van der Waals surface area contributed by atoms with Crippen LogP contribution in [0.3, 0.4) is 0 Å². The number of rotatable bonds is 4. The SMILES string of the molecule is Cc1nc2ccc(B(O)O)c(C(C)C)c2c(C(C)C)c1C(C)C.[H-].[Li+]. The topological polar surface area (TPSA) is 53.4 Å². The van der Waals surface area contributed by atoms with Gasteiger partial charge in [-0.3, -0.25) is 4.98 Å². The Bertz CT molecular complexity index is 733. The minimum Gasteiger partial charge on any atom is -1.00 e. The van der Waals surface area contributed by atoms with Crippen LogP contribution in [0.25, 0.3) is 10.9 Å². The standard InChI is InChI=1S/C19H28BNO2.Li.H/c1-10(2)16-13(7)21-15-9-8-14(20(22)23)17(11(3)4)19(15)18(16)12(5)6;;/h8-12,22-23H,1-7H3;;/q;+1;-1. The summed E-state index contributed by atoms with van der Waals surface area (Å²) in [4.78, 5) is 4.82. The molecule has 1 aromatic carbocycles. The molecule has 5 heteroatoms. The predicted molar refractivity (Wildman–Crippen MR) is 99.7 cm³/mol. The quantitative estimate of drug-likeness (QED) is 0.816. The maximum atomic E-state index is 9.81. The molecule has 2 N–H and O–H groups in total. The fourth-order valence-corrected chi connectivity index (χ4v) is 3.75. The van der Waals surface area contributed by atoms with Gasteiger partial charge in [0.1, 0.15) is 0 Å². The molecule has 0 bridgehead atoms. The van der Waals surface area contributed by atoms with E-state index in [0.29, 0.717) is 17.3 Å². The van der Waals surface area contributed by atoms with Gasteiger partial charge in [0.25, 0.3) is 0 Å². The molecule has 1 heterocycles. The van der Waals surface area contributed by atoms with E-state index in [-0.39, 0.29) is 26.2 Å². The van der Waals surface area contributed by atoms with Crippen LogP contribution in [-0.2, 0) is 0 Å². The van der Waals surface area contributed by atoms with Gasteiger partial charge in [-0.2, -0.15) is 0 Å². The Morgan fingerprint density at radius 2 is 1.38 bits per heavy atom. The summed E-state index contributed by atoms with van der Waals surface area (Å²) in [6.07, 6.45) is 0. The van der Waals surface area contributed by atoms with Crippen LogP contribution in [0.5, 0.6) is 0 Å². The number of fused-ring (bicyclic) bond motifs is 1. The Morgan fingerprint density at radius 3 is 1.79 bits per heavy atom. The molecule has 0 fully saturated rings. The summed E-state index contributed by atoms with van der Waals surface area (Å²) in [7, 11) is -1.46. The third-order valence-electron chi connectivity index (χ3n) is 4.50. The normalized spacial score (nSPS) is 11.5. The van der Waals surface area contributed by atoms with Crippen molar-refractivity contribution in [3.05, 3.63) is 34.5 Å². The van der Waals surface area contributed by atoms with Crippen LogP contribution in [0.2, 0.25) is 0 Å². The number of pyridine rings is 1. The van der Waals surface area contributed by atoms with E-state index in [1.54, 1.807) is 6.07 Å². The third-order valence-corrected chi connectivity index (χ3v) is 4.50. The number of nitrogens with zero attached hydrogens (tertiary/aromatic N) is 1. The van der Waals surface area contributed by atoms with Crippen LogP contribution in [0.15, 0.2) is 12.1 Å². The van der Waals surface area contributed by atoms with Crippen LogP contribution in [0.1, 0.15) is 83.1 Å². The summed E-state index contributed by atoms with van der Waals surface area (Å²) in [6, 6.07) is 3.72. The summed E-state index contributed by atoms with van der Waals surface area (Å²) in [5, 5.41) is 20.7. The summed E-state index contributed by atoms with van der Waals surface area (Å²) in [6.45, 7) is 15.1. The van der Waals surface area contributed by atoms with Gasteiger partial charge in [-0.05, 0) is 52.9 Å². The molecular weight excluding hydrogens is 292 g/mol. The van der Waals surface area contributed by atoms with Gasteiger partial charge in [0.15, 0.2) is 0 Å². The number of hydrogen-bond donors (Lipinski definition) is 2. The van der Waals surface area contributed by atoms with Crippen molar-refractivity contribution in [3.8, 4) is 0 Å². The maximum absolute atomic E-state index is 9.81. The molecule has 0 radical (unpaired) electrons. The molecule has 0 unspecified atom stereocenters. The van der Waals surface area contributed by atoms with Gasteiger partial charge in [-0.15, -0.1) is 0 Å². The van der Waals surface area contributed by atoms with E-state index in [1.807, 2.05) is 6.07 Å². The molecule has 126 valence electrons. The Balaban J connectivity index is 0.00000288. The van der Waals surface area contributed by atoms with Crippen molar-refractivity contribution in [2.45, 2.75) is 66.2 Å². The second kappa shape index (κ2) is 8.06. The van der Waals surface area contributed by atoms with E-state index in [9.17, 15) is 10.0 Å². The second-order valence-electron chi connectivity index (χ2n) is 7.32. The first-order chi connectivity index (χ1) is 10.7. The molecule has 0 aliphatic rings. The summed E-state index contributed by atoms with van der Waals surface area (Å²) >= 11 is 0. The Morgan fingerprint density at radius 1 is 0.875 bits per heavy atom. The van der Waals surface area contributed by atoms with Gasteiger partial charge >= 0.3 is 26.0 Å². The predicted octanol–water partition coefficient (Wildman–Crippen LogP) is 0.710. The van der Waals surface area contributed by atoms with Crippen LogP contribution in [0, 0.1) is 6.92 Å². The first-order valence-electron chi connectivity index (χ1n) is 8.49. The van der Waals surface area contributed by atoms with Gasteiger partial charge < -0.3 is 11.5 Å². The number of aryl methyl sites for hydroxylation is 1. The minimum absolute atomic E-state index is 0. The van der Waals surface area contributed by atoms with E-state index in [1.165, 1.54) is 11.1 Å². The largest absolute Gasteiger partial charge is 1.00 e. The molecule has 0 aliphatic heterocycles. The van der Waals surface area contributed by atoms with Crippen molar-refractivity contribution in [3.63, 3.8) is 0 Å². The van der Waals surface area contributed by atoms with Crippen LogP contribution < -0.4 is 24.3 Å². The zero-order valence-corrected chi connectivity index (χ0v) is 16.3. The Hall–Kier alpha value is -0.788. The van der Waals surface area contributed by atoms with E-state index < -0.39 is 7.12 Å². The molecule has 1 aromatic heterocycles. The Labute approximate surface area is 159 Å². The fraction of sp³-hybridized carbons (Fsp3) is 0.526. The molecule has 24 heavy (non-hydrogen) atoms.